The molecule has 9 nitrogen and oxygen atoms in total. The second kappa shape index (κ2) is 5.87. The molecule has 1 aromatic carbocycles. The predicted molar refractivity (Wildman–Crippen MR) is 98.1 cm³/mol. The zero-order valence-corrected chi connectivity index (χ0v) is 14.7. The fourth-order valence-corrected chi connectivity index (χ4v) is 3.07. The molecule has 3 heterocycles. The van der Waals surface area contributed by atoms with Crippen LogP contribution >= 0.6 is 0 Å². The van der Waals surface area contributed by atoms with Gasteiger partial charge in [0.25, 0.3) is 5.56 Å². The molecule has 0 spiro atoms. The Labute approximate surface area is 148 Å². The summed E-state index contributed by atoms with van der Waals surface area (Å²) in [5.74, 6) is 1.18. The number of rotatable bonds is 3. The highest BCUT2D eigenvalue weighted by Crippen LogP contribution is 2.18. The first-order valence-electron chi connectivity index (χ1n) is 8.11. The van der Waals surface area contributed by atoms with Gasteiger partial charge >= 0.3 is 5.69 Å². The number of hydrogen-bond donors (Lipinski definition) is 1. The maximum absolute atomic E-state index is 13.1. The number of fused-ring (bicyclic) bond motifs is 3. The van der Waals surface area contributed by atoms with Crippen molar-refractivity contribution in [3.63, 3.8) is 0 Å². The van der Waals surface area contributed by atoms with Gasteiger partial charge in [-0.15, -0.1) is 0 Å². The van der Waals surface area contributed by atoms with Crippen molar-refractivity contribution in [2.75, 3.05) is 12.5 Å². The van der Waals surface area contributed by atoms with Crippen LogP contribution in [0.25, 0.3) is 11.2 Å². The molecule has 134 valence electrons. The minimum atomic E-state index is -0.411. The van der Waals surface area contributed by atoms with Gasteiger partial charge in [0.2, 0.25) is 5.95 Å². The fourth-order valence-electron chi connectivity index (χ4n) is 3.07. The normalized spacial score (nSPS) is 13.3. The summed E-state index contributed by atoms with van der Waals surface area (Å²) in [5, 5.41) is 4.13. The lowest BCUT2D eigenvalue weighted by Gasteiger charge is -2.14. The minimum absolute atomic E-state index is 0.173. The molecule has 1 aliphatic rings. The van der Waals surface area contributed by atoms with E-state index in [4.69, 9.17) is 4.74 Å². The molecule has 1 aliphatic heterocycles. The quantitative estimate of drug-likeness (QED) is 0.749. The summed E-state index contributed by atoms with van der Waals surface area (Å²) in [4.78, 5) is 30.1. The Hall–Kier alpha value is -3.36. The number of nitrogens with one attached hydrogen (secondary N) is 1. The third-order valence-corrected chi connectivity index (χ3v) is 4.47. The summed E-state index contributed by atoms with van der Waals surface area (Å²) in [6, 6.07) is 7.26. The van der Waals surface area contributed by atoms with E-state index in [9.17, 15) is 9.59 Å². The van der Waals surface area contributed by atoms with Gasteiger partial charge in [-0.3, -0.25) is 18.5 Å². The average Bonchev–Trinajstić information content (AvgIpc) is 3.03. The average molecular weight is 354 g/mol. The van der Waals surface area contributed by atoms with Crippen LogP contribution in [0.5, 0.6) is 5.75 Å². The van der Waals surface area contributed by atoms with Gasteiger partial charge in [-0.05, 0) is 24.6 Å². The number of ether oxygens (including phenoxy) is 1. The molecule has 0 bridgehead atoms. The van der Waals surface area contributed by atoms with E-state index in [1.807, 2.05) is 19.1 Å². The summed E-state index contributed by atoms with van der Waals surface area (Å²) in [6.07, 6.45) is 0. The molecular weight excluding hydrogens is 336 g/mol. The molecule has 0 atom stereocenters. The number of nitrogens with zero attached hydrogens (tertiary/aromatic N) is 5. The van der Waals surface area contributed by atoms with E-state index in [1.54, 1.807) is 30.9 Å². The maximum Gasteiger partial charge on any atom is 0.332 e. The van der Waals surface area contributed by atoms with Crippen LogP contribution in [0, 0.1) is 0 Å². The standard InChI is InChI=1S/C17H18N6O3/c1-10-8-22-13-14(18-16(22)20-19-10)21(2)17(25)23(15(13)24)9-11-4-6-12(26-3)7-5-11/h4-7H,8-9H2,1-3H3,(H,18,20). The van der Waals surface area contributed by atoms with Gasteiger partial charge < -0.3 is 4.74 Å². The van der Waals surface area contributed by atoms with Gasteiger partial charge in [0.05, 0.1) is 25.9 Å². The van der Waals surface area contributed by atoms with E-state index < -0.39 is 5.69 Å². The zero-order chi connectivity index (χ0) is 18.4. The lowest BCUT2D eigenvalue weighted by atomic mass is 10.2. The first kappa shape index (κ1) is 16.1. The molecule has 0 fully saturated rings. The fraction of sp³-hybridized carbons (Fsp3) is 0.294. The van der Waals surface area contributed by atoms with Crippen LogP contribution in [0.4, 0.5) is 5.95 Å². The molecule has 26 heavy (non-hydrogen) atoms. The highest BCUT2D eigenvalue weighted by molar-refractivity contribution is 5.87. The molecule has 0 amide bonds. The zero-order valence-electron chi connectivity index (χ0n) is 14.7. The smallest absolute Gasteiger partial charge is 0.332 e. The molecule has 2 aromatic heterocycles. The second-order valence-corrected chi connectivity index (χ2v) is 6.23. The third-order valence-electron chi connectivity index (χ3n) is 4.47. The number of methoxy groups -OCH3 is 1. The van der Waals surface area contributed by atoms with Crippen molar-refractivity contribution in [2.24, 2.45) is 12.1 Å². The van der Waals surface area contributed by atoms with E-state index in [1.165, 1.54) is 9.13 Å². The van der Waals surface area contributed by atoms with E-state index in [0.29, 0.717) is 23.7 Å². The molecule has 1 N–H and O–H groups in total. The molecule has 0 saturated heterocycles. The Balaban J connectivity index is 1.89. The topological polar surface area (TPSA) is 95.4 Å². The molecular formula is C17H18N6O3. The van der Waals surface area contributed by atoms with Crippen LogP contribution < -0.4 is 21.4 Å². The summed E-state index contributed by atoms with van der Waals surface area (Å²) < 4.78 is 9.51. The van der Waals surface area contributed by atoms with Crippen molar-refractivity contribution in [2.45, 2.75) is 20.0 Å². The molecule has 3 aromatic rings. The van der Waals surface area contributed by atoms with Gasteiger partial charge in [0, 0.05) is 7.05 Å². The van der Waals surface area contributed by atoms with E-state index >= 15 is 0 Å². The number of benzene rings is 1. The van der Waals surface area contributed by atoms with Crippen LogP contribution in [0.3, 0.4) is 0 Å². The number of hydrazone groups is 1. The third kappa shape index (κ3) is 2.40. The van der Waals surface area contributed by atoms with Gasteiger partial charge in [-0.2, -0.15) is 10.1 Å². The van der Waals surface area contributed by atoms with E-state index in [-0.39, 0.29) is 12.1 Å². The lowest BCUT2D eigenvalue weighted by Crippen LogP contribution is -2.40. The predicted octanol–water partition coefficient (Wildman–Crippen LogP) is 0.755. The van der Waals surface area contributed by atoms with Crippen molar-refractivity contribution in [3.05, 3.63) is 50.7 Å². The lowest BCUT2D eigenvalue weighted by molar-refractivity contribution is 0.414. The number of aryl methyl sites for hydroxylation is 1. The number of aromatic nitrogens is 4. The van der Waals surface area contributed by atoms with Crippen LogP contribution in [-0.4, -0.2) is 31.5 Å². The summed E-state index contributed by atoms with van der Waals surface area (Å²) in [6.45, 7) is 2.49. The molecule has 0 radical (unpaired) electrons. The molecule has 0 unspecified atom stereocenters. The maximum atomic E-state index is 13.1. The van der Waals surface area contributed by atoms with Crippen molar-refractivity contribution in [1.29, 1.82) is 0 Å². The molecule has 0 saturated carbocycles. The first-order chi connectivity index (χ1) is 12.5. The van der Waals surface area contributed by atoms with Crippen molar-refractivity contribution >= 4 is 22.8 Å². The second-order valence-electron chi connectivity index (χ2n) is 6.23. The highest BCUT2D eigenvalue weighted by Gasteiger charge is 2.22. The van der Waals surface area contributed by atoms with E-state index in [0.717, 1.165) is 17.0 Å². The highest BCUT2D eigenvalue weighted by atomic mass is 16.5. The Morgan fingerprint density at radius 2 is 1.96 bits per heavy atom. The molecule has 9 heteroatoms. The number of anilines is 1. The van der Waals surface area contributed by atoms with Gasteiger partial charge in [0.15, 0.2) is 11.2 Å². The van der Waals surface area contributed by atoms with Crippen LogP contribution in [-0.2, 0) is 20.1 Å². The summed E-state index contributed by atoms with van der Waals surface area (Å²) in [5.41, 5.74) is 4.43. The first-order valence-corrected chi connectivity index (χ1v) is 8.11. The number of imidazole rings is 1. The minimum Gasteiger partial charge on any atom is -0.497 e. The van der Waals surface area contributed by atoms with Crippen LogP contribution in [0.15, 0.2) is 39.0 Å². The molecule has 4 rings (SSSR count). The summed E-state index contributed by atoms with van der Waals surface area (Å²) >= 11 is 0. The monoisotopic (exact) mass is 354 g/mol. The van der Waals surface area contributed by atoms with Crippen LogP contribution in [0.1, 0.15) is 12.5 Å². The van der Waals surface area contributed by atoms with Crippen LogP contribution in [0.2, 0.25) is 0 Å². The van der Waals surface area contributed by atoms with Gasteiger partial charge in [-0.25, -0.2) is 10.2 Å². The Morgan fingerprint density at radius 1 is 1.23 bits per heavy atom. The van der Waals surface area contributed by atoms with E-state index in [2.05, 4.69) is 15.5 Å². The number of hydrogen-bond acceptors (Lipinski definition) is 6. The Kier molecular flexibility index (Phi) is 3.64. The largest absolute Gasteiger partial charge is 0.497 e. The summed E-state index contributed by atoms with van der Waals surface area (Å²) in [7, 11) is 3.20. The van der Waals surface area contributed by atoms with Gasteiger partial charge in [0.1, 0.15) is 5.75 Å². The van der Waals surface area contributed by atoms with Crippen molar-refractivity contribution in [1.82, 2.24) is 18.7 Å². The van der Waals surface area contributed by atoms with Crippen molar-refractivity contribution < 1.29 is 4.74 Å². The Bertz CT molecular complexity index is 1150. The van der Waals surface area contributed by atoms with Crippen molar-refractivity contribution in [3.8, 4) is 5.75 Å². The Morgan fingerprint density at radius 3 is 2.65 bits per heavy atom. The van der Waals surface area contributed by atoms with Gasteiger partial charge in [-0.1, -0.05) is 12.1 Å². The molecule has 0 aliphatic carbocycles. The SMILES string of the molecule is COc1ccc(Cn2c(=O)c3c(nc4n3CC(C)=NN4)n(C)c2=O)cc1.